The van der Waals surface area contributed by atoms with Crippen molar-refractivity contribution in [1.82, 2.24) is 5.43 Å². The van der Waals surface area contributed by atoms with Crippen LogP contribution in [-0.2, 0) is 0 Å². The first-order valence-electron chi connectivity index (χ1n) is 8.67. The van der Waals surface area contributed by atoms with Gasteiger partial charge in [0.25, 0.3) is 5.91 Å². The van der Waals surface area contributed by atoms with Crippen LogP contribution in [0.1, 0.15) is 34.8 Å². The standard InChI is InChI=1S/C21H20N2O4/c1-3-10-26-17-7-5-15(6-8-17)21(25)23-22-12-16-13-27-19-9-4-14(2)11-18(19)20(16)24/h4-9,11-13H,3,10H2,1-2H3,(H,23,25)/b22-12+. The predicted octanol–water partition coefficient (Wildman–Crippen LogP) is 3.65. The van der Waals surface area contributed by atoms with Gasteiger partial charge in [0.2, 0.25) is 5.43 Å². The largest absolute Gasteiger partial charge is 0.494 e. The van der Waals surface area contributed by atoms with Gasteiger partial charge in [0.1, 0.15) is 17.6 Å². The number of aryl methyl sites for hydroxylation is 1. The molecule has 0 atom stereocenters. The molecule has 0 radical (unpaired) electrons. The Balaban J connectivity index is 1.70. The zero-order valence-corrected chi connectivity index (χ0v) is 15.2. The van der Waals surface area contributed by atoms with E-state index in [2.05, 4.69) is 10.5 Å². The molecular formula is C21H20N2O4. The van der Waals surface area contributed by atoms with Crippen LogP contribution < -0.4 is 15.6 Å². The second-order valence-electron chi connectivity index (χ2n) is 6.09. The molecular weight excluding hydrogens is 344 g/mol. The molecule has 0 aliphatic rings. The average Bonchev–Trinajstić information content (AvgIpc) is 2.69. The highest BCUT2D eigenvalue weighted by atomic mass is 16.5. The van der Waals surface area contributed by atoms with Crippen molar-refractivity contribution in [2.24, 2.45) is 5.10 Å². The fourth-order valence-corrected chi connectivity index (χ4v) is 2.50. The van der Waals surface area contributed by atoms with E-state index in [4.69, 9.17) is 9.15 Å². The highest BCUT2D eigenvalue weighted by Gasteiger charge is 2.07. The van der Waals surface area contributed by atoms with E-state index in [9.17, 15) is 9.59 Å². The Bertz CT molecular complexity index is 1040. The molecule has 0 fully saturated rings. The van der Waals surface area contributed by atoms with E-state index in [1.165, 1.54) is 12.5 Å². The molecule has 6 nitrogen and oxygen atoms in total. The van der Waals surface area contributed by atoms with Crippen molar-refractivity contribution in [3.05, 3.63) is 75.6 Å². The van der Waals surface area contributed by atoms with Gasteiger partial charge in [-0.3, -0.25) is 9.59 Å². The van der Waals surface area contributed by atoms with E-state index in [0.29, 0.717) is 28.9 Å². The molecule has 0 aliphatic heterocycles. The first kappa shape index (κ1) is 18.4. The van der Waals surface area contributed by atoms with Crippen LogP contribution in [0.5, 0.6) is 5.75 Å². The van der Waals surface area contributed by atoms with Crippen molar-refractivity contribution < 1.29 is 13.9 Å². The van der Waals surface area contributed by atoms with Crippen LogP contribution in [0, 0.1) is 6.92 Å². The number of benzene rings is 2. The van der Waals surface area contributed by atoms with E-state index in [-0.39, 0.29) is 16.9 Å². The SMILES string of the molecule is CCCOc1ccc(C(=O)N/N=C/c2coc3ccc(C)cc3c2=O)cc1. The lowest BCUT2D eigenvalue weighted by Crippen LogP contribution is -2.18. The summed E-state index contributed by atoms with van der Waals surface area (Å²) in [5, 5.41) is 4.34. The normalized spacial score (nSPS) is 11.0. The highest BCUT2D eigenvalue weighted by molar-refractivity contribution is 5.95. The van der Waals surface area contributed by atoms with Crippen LogP contribution >= 0.6 is 0 Å². The van der Waals surface area contributed by atoms with Gasteiger partial charge in [-0.2, -0.15) is 5.10 Å². The number of hydrogen-bond acceptors (Lipinski definition) is 5. The van der Waals surface area contributed by atoms with Gasteiger partial charge in [-0.05, 0) is 49.7 Å². The number of nitrogens with zero attached hydrogens (tertiary/aromatic N) is 1. The van der Waals surface area contributed by atoms with Gasteiger partial charge in [0, 0.05) is 5.56 Å². The van der Waals surface area contributed by atoms with Crippen LogP contribution in [0.25, 0.3) is 11.0 Å². The Kier molecular flexibility index (Phi) is 5.66. The summed E-state index contributed by atoms with van der Waals surface area (Å²) in [6, 6.07) is 12.2. The first-order chi connectivity index (χ1) is 13.1. The first-order valence-corrected chi connectivity index (χ1v) is 8.67. The van der Waals surface area contributed by atoms with Gasteiger partial charge in [0.15, 0.2) is 0 Å². The quantitative estimate of drug-likeness (QED) is 0.535. The van der Waals surface area contributed by atoms with E-state index >= 15 is 0 Å². The van der Waals surface area contributed by atoms with Gasteiger partial charge >= 0.3 is 0 Å². The van der Waals surface area contributed by atoms with Crippen LogP contribution in [0.15, 0.2) is 63.0 Å². The minimum atomic E-state index is -0.380. The summed E-state index contributed by atoms with van der Waals surface area (Å²) in [6.07, 6.45) is 3.53. The van der Waals surface area contributed by atoms with Crippen LogP contribution in [0.2, 0.25) is 0 Å². The Labute approximate surface area is 156 Å². The van der Waals surface area contributed by atoms with Crippen LogP contribution in [0.3, 0.4) is 0 Å². The Morgan fingerprint density at radius 3 is 2.74 bits per heavy atom. The van der Waals surface area contributed by atoms with E-state index in [1.54, 1.807) is 36.4 Å². The maximum absolute atomic E-state index is 12.5. The number of carbonyl (C=O) groups excluding carboxylic acids is 1. The smallest absolute Gasteiger partial charge is 0.271 e. The molecule has 2 aromatic carbocycles. The van der Waals surface area contributed by atoms with Crippen molar-refractivity contribution in [3.8, 4) is 5.75 Å². The fraction of sp³-hybridized carbons (Fsp3) is 0.190. The molecule has 27 heavy (non-hydrogen) atoms. The monoisotopic (exact) mass is 364 g/mol. The van der Waals surface area contributed by atoms with Crippen molar-refractivity contribution in [1.29, 1.82) is 0 Å². The lowest BCUT2D eigenvalue weighted by molar-refractivity contribution is 0.0955. The lowest BCUT2D eigenvalue weighted by atomic mass is 10.1. The van der Waals surface area contributed by atoms with Gasteiger partial charge in [-0.15, -0.1) is 0 Å². The summed E-state index contributed by atoms with van der Waals surface area (Å²) in [5.74, 6) is 0.329. The summed E-state index contributed by atoms with van der Waals surface area (Å²) in [6.45, 7) is 4.55. The third-order valence-electron chi connectivity index (χ3n) is 3.91. The van der Waals surface area contributed by atoms with E-state index in [0.717, 1.165) is 12.0 Å². The third-order valence-corrected chi connectivity index (χ3v) is 3.91. The third kappa shape index (κ3) is 4.41. The zero-order chi connectivity index (χ0) is 19.2. The molecule has 0 spiro atoms. The number of hydrazone groups is 1. The maximum Gasteiger partial charge on any atom is 0.271 e. The van der Waals surface area contributed by atoms with Gasteiger partial charge in [-0.1, -0.05) is 18.6 Å². The summed E-state index contributed by atoms with van der Waals surface area (Å²) < 4.78 is 10.9. The number of fused-ring (bicyclic) bond motifs is 1. The van der Waals surface area contributed by atoms with Gasteiger partial charge in [-0.25, -0.2) is 5.43 Å². The van der Waals surface area contributed by atoms with Gasteiger partial charge < -0.3 is 9.15 Å². The van der Waals surface area contributed by atoms with Crippen molar-refractivity contribution in [2.75, 3.05) is 6.61 Å². The molecule has 0 bridgehead atoms. The molecule has 1 aromatic heterocycles. The Morgan fingerprint density at radius 2 is 2.00 bits per heavy atom. The van der Waals surface area contributed by atoms with Crippen LogP contribution in [0.4, 0.5) is 0 Å². The molecule has 138 valence electrons. The number of amides is 1. The molecule has 6 heteroatoms. The number of carbonyl (C=O) groups is 1. The zero-order valence-electron chi connectivity index (χ0n) is 15.2. The summed E-state index contributed by atoms with van der Waals surface area (Å²) >= 11 is 0. The molecule has 3 rings (SSSR count). The molecule has 0 aliphatic carbocycles. The number of hydrogen-bond donors (Lipinski definition) is 1. The number of rotatable bonds is 6. The Hall–Kier alpha value is -3.41. The molecule has 1 heterocycles. The van der Waals surface area contributed by atoms with Crippen LogP contribution in [-0.4, -0.2) is 18.7 Å². The van der Waals surface area contributed by atoms with E-state index in [1.807, 2.05) is 19.9 Å². The summed E-state index contributed by atoms with van der Waals surface area (Å²) in [7, 11) is 0. The topological polar surface area (TPSA) is 80.9 Å². The molecule has 0 saturated heterocycles. The second kappa shape index (κ2) is 8.31. The highest BCUT2D eigenvalue weighted by Crippen LogP contribution is 2.13. The minimum Gasteiger partial charge on any atom is -0.494 e. The number of ether oxygens (including phenoxy) is 1. The molecule has 3 aromatic rings. The fourth-order valence-electron chi connectivity index (χ4n) is 2.50. The minimum absolute atomic E-state index is 0.199. The molecule has 1 amide bonds. The van der Waals surface area contributed by atoms with Crippen molar-refractivity contribution in [2.45, 2.75) is 20.3 Å². The molecule has 1 N–H and O–H groups in total. The number of nitrogens with one attached hydrogen (secondary N) is 1. The summed E-state index contributed by atoms with van der Waals surface area (Å²) in [5.41, 5.74) is 4.38. The molecule has 0 saturated carbocycles. The lowest BCUT2D eigenvalue weighted by Gasteiger charge is -2.05. The maximum atomic E-state index is 12.5. The average molecular weight is 364 g/mol. The van der Waals surface area contributed by atoms with Gasteiger partial charge in [0.05, 0.1) is 23.8 Å². The molecule has 0 unspecified atom stereocenters. The Morgan fingerprint density at radius 1 is 1.22 bits per heavy atom. The van der Waals surface area contributed by atoms with Crippen molar-refractivity contribution in [3.63, 3.8) is 0 Å². The van der Waals surface area contributed by atoms with E-state index < -0.39 is 0 Å². The van der Waals surface area contributed by atoms with Crippen molar-refractivity contribution >= 4 is 23.1 Å². The predicted molar refractivity (Wildman–Crippen MR) is 105 cm³/mol. The summed E-state index contributed by atoms with van der Waals surface area (Å²) in [4.78, 5) is 24.6. The second-order valence-corrected chi connectivity index (χ2v) is 6.09.